The number of nitrogen functional groups attached to an aromatic ring is 1. The minimum atomic E-state index is 0.0488. The Bertz CT molecular complexity index is 586. The maximum atomic E-state index is 9.18. The molecule has 0 aliphatic carbocycles. The third-order valence-corrected chi connectivity index (χ3v) is 5.68. The van der Waals surface area contributed by atoms with Gasteiger partial charge in [0.25, 0.3) is 0 Å². The topological polar surface area (TPSA) is 49.8 Å². The van der Waals surface area contributed by atoms with E-state index in [-0.39, 0.29) is 5.41 Å². The summed E-state index contributed by atoms with van der Waals surface area (Å²) in [5.41, 5.74) is 7.91. The highest BCUT2D eigenvalue weighted by Gasteiger charge is 2.28. The summed E-state index contributed by atoms with van der Waals surface area (Å²) >= 11 is 3.21. The quantitative estimate of drug-likeness (QED) is 0.889. The van der Waals surface area contributed by atoms with Gasteiger partial charge in [0.2, 0.25) is 0 Å². The molecule has 0 fully saturated rings. The fourth-order valence-corrected chi connectivity index (χ4v) is 3.89. The standard InChI is InChI=1S/C14H16N2S2/c1-4-14(2,3)13-11(9-6-5-7-17-9)12(16)10(8-15)18-13/h5-7H,4,16H2,1-3H3. The molecule has 4 heteroatoms. The lowest BCUT2D eigenvalue weighted by Crippen LogP contribution is -2.14. The molecule has 18 heavy (non-hydrogen) atoms. The van der Waals surface area contributed by atoms with Crippen LogP contribution in [0.15, 0.2) is 17.5 Å². The number of hydrogen-bond donors (Lipinski definition) is 1. The van der Waals surface area contributed by atoms with Gasteiger partial charge in [0.15, 0.2) is 0 Å². The molecule has 2 heterocycles. The molecule has 2 N–H and O–H groups in total. The number of nitrogens with two attached hydrogens (primary N) is 1. The first-order valence-corrected chi connectivity index (χ1v) is 7.57. The zero-order valence-electron chi connectivity index (χ0n) is 10.8. The minimum Gasteiger partial charge on any atom is -0.396 e. The molecule has 0 aromatic carbocycles. The average molecular weight is 276 g/mol. The summed E-state index contributed by atoms with van der Waals surface area (Å²) in [4.78, 5) is 3.01. The van der Waals surface area contributed by atoms with Gasteiger partial charge in [-0.05, 0) is 23.3 Å². The second kappa shape index (κ2) is 4.75. The number of rotatable bonds is 3. The highest BCUT2D eigenvalue weighted by atomic mass is 32.1. The van der Waals surface area contributed by atoms with Gasteiger partial charge in [-0.1, -0.05) is 26.8 Å². The molecule has 2 aromatic heterocycles. The Hall–Kier alpha value is -1.31. The maximum Gasteiger partial charge on any atom is 0.128 e. The van der Waals surface area contributed by atoms with Gasteiger partial charge in [0.05, 0.1) is 5.69 Å². The van der Waals surface area contributed by atoms with E-state index in [9.17, 15) is 5.26 Å². The van der Waals surface area contributed by atoms with Crippen molar-refractivity contribution >= 4 is 28.4 Å². The van der Waals surface area contributed by atoms with Crippen molar-refractivity contribution in [3.05, 3.63) is 27.3 Å². The first kappa shape index (κ1) is 13.1. The van der Waals surface area contributed by atoms with Crippen molar-refractivity contribution in [1.82, 2.24) is 0 Å². The van der Waals surface area contributed by atoms with Crippen LogP contribution in [-0.2, 0) is 5.41 Å². The second-order valence-corrected chi connectivity index (χ2v) is 6.84. The Morgan fingerprint density at radius 1 is 1.44 bits per heavy atom. The molecule has 0 aliphatic rings. The van der Waals surface area contributed by atoms with Crippen molar-refractivity contribution in [3.8, 4) is 16.5 Å². The van der Waals surface area contributed by atoms with E-state index in [1.165, 1.54) is 16.2 Å². The molecule has 2 aromatic rings. The molecular formula is C14H16N2S2. The SMILES string of the molecule is CCC(C)(C)c1sc(C#N)c(N)c1-c1cccs1. The van der Waals surface area contributed by atoms with Crippen LogP contribution in [0.4, 0.5) is 5.69 Å². The zero-order chi connectivity index (χ0) is 13.3. The van der Waals surface area contributed by atoms with E-state index in [0.29, 0.717) is 10.6 Å². The van der Waals surface area contributed by atoms with Crippen LogP contribution in [0.1, 0.15) is 36.9 Å². The molecule has 0 saturated carbocycles. The van der Waals surface area contributed by atoms with Crippen LogP contribution >= 0.6 is 22.7 Å². The highest BCUT2D eigenvalue weighted by Crippen LogP contribution is 2.47. The Morgan fingerprint density at radius 2 is 2.17 bits per heavy atom. The third-order valence-electron chi connectivity index (χ3n) is 3.31. The normalized spacial score (nSPS) is 11.4. The third kappa shape index (κ3) is 2.05. The summed E-state index contributed by atoms with van der Waals surface area (Å²) in [6, 6.07) is 6.30. The minimum absolute atomic E-state index is 0.0488. The first-order chi connectivity index (χ1) is 8.51. The molecule has 0 radical (unpaired) electrons. The number of nitriles is 1. The maximum absolute atomic E-state index is 9.18. The van der Waals surface area contributed by atoms with E-state index < -0.39 is 0 Å². The van der Waals surface area contributed by atoms with E-state index in [1.54, 1.807) is 11.3 Å². The van der Waals surface area contributed by atoms with Crippen LogP contribution in [0.5, 0.6) is 0 Å². The summed E-state index contributed by atoms with van der Waals surface area (Å²) < 4.78 is 0. The van der Waals surface area contributed by atoms with E-state index in [4.69, 9.17) is 5.73 Å². The molecule has 0 atom stereocenters. The molecule has 2 rings (SSSR count). The van der Waals surface area contributed by atoms with E-state index >= 15 is 0 Å². The van der Waals surface area contributed by atoms with Gasteiger partial charge in [-0.25, -0.2) is 0 Å². The number of nitrogens with zero attached hydrogens (tertiary/aromatic N) is 1. The zero-order valence-corrected chi connectivity index (χ0v) is 12.4. The van der Waals surface area contributed by atoms with Crippen LogP contribution < -0.4 is 5.73 Å². The van der Waals surface area contributed by atoms with Crippen LogP contribution in [0.25, 0.3) is 10.4 Å². The molecule has 0 saturated heterocycles. The molecule has 2 nitrogen and oxygen atoms in total. The Morgan fingerprint density at radius 3 is 2.67 bits per heavy atom. The average Bonchev–Trinajstić information content (AvgIpc) is 2.96. The smallest absolute Gasteiger partial charge is 0.128 e. The Labute approximate surface area is 116 Å². The predicted molar refractivity (Wildman–Crippen MR) is 80.1 cm³/mol. The summed E-state index contributed by atoms with van der Waals surface area (Å²) in [7, 11) is 0. The number of hydrogen-bond acceptors (Lipinski definition) is 4. The molecule has 94 valence electrons. The lowest BCUT2D eigenvalue weighted by Gasteiger charge is -2.22. The van der Waals surface area contributed by atoms with Crippen molar-refractivity contribution in [3.63, 3.8) is 0 Å². The van der Waals surface area contributed by atoms with Gasteiger partial charge in [-0.3, -0.25) is 0 Å². The predicted octanol–water partition coefficient (Wildman–Crippen LogP) is 4.62. The molecule has 0 amide bonds. The Kier molecular flexibility index (Phi) is 3.47. The van der Waals surface area contributed by atoms with Gasteiger partial charge in [-0.15, -0.1) is 22.7 Å². The van der Waals surface area contributed by atoms with Crippen LogP contribution in [-0.4, -0.2) is 0 Å². The van der Waals surface area contributed by atoms with Crippen LogP contribution in [0, 0.1) is 11.3 Å². The van der Waals surface area contributed by atoms with Crippen molar-refractivity contribution in [2.24, 2.45) is 0 Å². The second-order valence-electron chi connectivity index (χ2n) is 4.88. The summed E-state index contributed by atoms with van der Waals surface area (Å²) in [6.07, 6.45) is 1.02. The summed E-state index contributed by atoms with van der Waals surface area (Å²) in [5.74, 6) is 0. The monoisotopic (exact) mass is 276 g/mol. The number of thiophene rings is 2. The van der Waals surface area contributed by atoms with Crippen molar-refractivity contribution in [2.75, 3.05) is 5.73 Å². The van der Waals surface area contributed by atoms with Gasteiger partial charge >= 0.3 is 0 Å². The van der Waals surface area contributed by atoms with Crippen LogP contribution in [0.2, 0.25) is 0 Å². The fraction of sp³-hybridized carbons (Fsp3) is 0.357. The van der Waals surface area contributed by atoms with Crippen LogP contribution in [0.3, 0.4) is 0 Å². The van der Waals surface area contributed by atoms with Crippen molar-refractivity contribution in [2.45, 2.75) is 32.6 Å². The lowest BCUT2D eigenvalue weighted by atomic mass is 9.85. The van der Waals surface area contributed by atoms with Crippen molar-refractivity contribution < 1.29 is 0 Å². The fourth-order valence-electron chi connectivity index (χ4n) is 1.83. The van der Waals surface area contributed by atoms with Gasteiger partial charge in [-0.2, -0.15) is 5.26 Å². The number of anilines is 1. The summed E-state index contributed by atoms with van der Waals surface area (Å²) in [5, 5.41) is 11.2. The van der Waals surface area contributed by atoms with E-state index in [0.717, 1.165) is 16.9 Å². The highest BCUT2D eigenvalue weighted by molar-refractivity contribution is 7.16. The lowest BCUT2D eigenvalue weighted by molar-refractivity contribution is 0.518. The molecule has 0 spiro atoms. The molecule has 0 aliphatic heterocycles. The van der Waals surface area contributed by atoms with Crippen molar-refractivity contribution in [1.29, 1.82) is 5.26 Å². The van der Waals surface area contributed by atoms with Gasteiger partial charge < -0.3 is 5.73 Å². The summed E-state index contributed by atoms with van der Waals surface area (Å²) in [6.45, 7) is 6.58. The van der Waals surface area contributed by atoms with E-state index in [2.05, 4.69) is 32.9 Å². The molecular weight excluding hydrogens is 260 g/mol. The molecule has 0 bridgehead atoms. The Balaban J connectivity index is 2.71. The first-order valence-electron chi connectivity index (χ1n) is 5.88. The largest absolute Gasteiger partial charge is 0.396 e. The molecule has 0 unspecified atom stereocenters. The van der Waals surface area contributed by atoms with E-state index in [1.807, 2.05) is 11.4 Å². The van der Waals surface area contributed by atoms with Gasteiger partial charge in [0.1, 0.15) is 10.9 Å². The van der Waals surface area contributed by atoms with Gasteiger partial charge in [0, 0.05) is 15.3 Å².